The van der Waals surface area contributed by atoms with E-state index in [-0.39, 0.29) is 11.5 Å². The van der Waals surface area contributed by atoms with Crippen molar-refractivity contribution in [2.75, 3.05) is 5.32 Å². The molecule has 0 radical (unpaired) electrons. The summed E-state index contributed by atoms with van der Waals surface area (Å²) >= 11 is 0. The SMILES string of the molecule is O=C(Nc1ccc(O)cc1)Oc1cccc(F)c1. The van der Waals surface area contributed by atoms with Crippen molar-refractivity contribution in [2.24, 2.45) is 0 Å². The molecule has 2 rings (SSSR count). The maximum Gasteiger partial charge on any atom is 0.417 e. The summed E-state index contributed by atoms with van der Waals surface area (Å²) in [6.07, 6.45) is -0.730. The lowest BCUT2D eigenvalue weighted by Gasteiger charge is -2.06. The van der Waals surface area contributed by atoms with Gasteiger partial charge in [0.1, 0.15) is 17.3 Å². The van der Waals surface area contributed by atoms with Gasteiger partial charge in [-0.15, -0.1) is 0 Å². The third-order valence-electron chi connectivity index (χ3n) is 2.12. The second kappa shape index (κ2) is 5.18. The number of rotatable bonds is 2. The van der Waals surface area contributed by atoms with Crippen molar-refractivity contribution >= 4 is 11.8 Å². The summed E-state index contributed by atoms with van der Waals surface area (Å²) in [7, 11) is 0. The first kappa shape index (κ1) is 11.9. The van der Waals surface area contributed by atoms with Gasteiger partial charge in [0.05, 0.1) is 0 Å². The zero-order valence-corrected chi connectivity index (χ0v) is 9.26. The third kappa shape index (κ3) is 3.21. The smallest absolute Gasteiger partial charge is 0.417 e. The van der Waals surface area contributed by atoms with Gasteiger partial charge in [-0.2, -0.15) is 0 Å². The topological polar surface area (TPSA) is 58.6 Å². The van der Waals surface area contributed by atoms with E-state index in [0.29, 0.717) is 5.69 Å². The Labute approximate surface area is 103 Å². The number of ether oxygens (including phenoxy) is 1. The first-order chi connectivity index (χ1) is 8.63. The summed E-state index contributed by atoms with van der Waals surface area (Å²) in [4.78, 5) is 11.5. The summed E-state index contributed by atoms with van der Waals surface area (Å²) < 4.78 is 17.7. The number of hydrogen-bond donors (Lipinski definition) is 2. The normalized spacial score (nSPS) is 9.83. The molecular weight excluding hydrogens is 237 g/mol. The molecule has 0 fully saturated rings. The van der Waals surface area contributed by atoms with E-state index in [1.165, 1.54) is 42.5 Å². The molecule has 0 aliphatic carbocycles. The Morgan fingerprint density at radius 1 is 1.17 bits per heavy atom. The molecular formula is C13H10FNO3. The van der Waals surface area contributed by atoms with Crippen molar-refractivity contribution in [2.45, 2.75) is 0 Å². The number of carbonyl (C=O) groups is 1. The monoisotopic (exact) mass is 247 g/mol. The Morgan fingerprint density at radius 2 is 1.89 bits per heavy atom. The Kier molecular flexibility index (Phi) is 3.43. The highest BCUT2D eigenvalue weighted by Crippen LogP contribution is 2.16. The van der Waals surface area contributed by atoms with Gasteiger partial charge >= 0.3 is 6.09 Å². The maximum atomic E-state index is 12.8. The highest BCUT2D eigenvalue weighted by atomic mass is 19.1. The van der Waals surface area contributed by atoms with Gasteiger partial charge in [0.25, 0.3) is 0 Å². The molecule has 0 unspecified atom stereocenters. The Bertz CT molecular complexity index is 554. The molecule has 0 heterocycles. The standard InChI is InChI=1S/C13H10FNO3/c14-9-2-1-3-12(8-9)18-13(17)15-10-4-6-11(16)7-5-10/h1-8,16H,(H,15,17). The van der Waals surface area contributed by atoms with Gasteiger partial charge in [-0.1, -0.05) is 6.07 Å². The fraction of sp³-hybridized carbons (Fsp3) is 0. The number of hydrogen-bond acceptors (Lipinski definition) is 3. The minimum Gasteiger partial charge on any atom is -0.508 e. The van der Waals surface area contributed by atoms with Crippen LogP contribution in [0.3, 0.4) is 0 Å². The van der Waals surface area contributed by atoms with E-state index in [2.05, 4.69) is 5.32 Å². The van der Waals surface area contributed by atoms with Crippen molar-refractivity contribution in [1.29, 1.82) is 0 Å². The van der Waals surface area contributed by atoms with Crippen LogP contribution in [-0.4, -0.2) is 11.2 Å². The van der Waals surface area contributed by atoms with Crippen molar-refractivity contribution in [3.05, 3.63) is 54.3 Å². The summed E-state index contributed by atoms with van der Waals surface area (Å²) in [5.41, 5.74) is 0.467. The van der Waals surface area contributed by atoms with Crippen molar-refractivity contribution in [3.63, 3.8) is 0 Å². The number of aromatic hydroxyl groups is 1. The maximum absolute atomic E-state index is 12.8. The summed E-state index contributed by atoms with van der Waals surface area (Å²) in [6, 6.07) is 11.2. The van der Waals surface area contributed by atoms with Crippen LogP contribution in [0.25, 0.3) is 0 Å². The molecule has 0 saturated heterocycles. The van der Waals surface area contributed by atoms with Crippen LogP contribution in [0, 0.1) is 5.82 Å². The predicted molar refractivity (Wildman–Crippen MR) is 64.2 cm³/mol. The number of nitrogens with one attached hydrogen (secondary N) is 1. The molecule has 92 valence electrons. The van der Waals surface area contributed by atoms with Gasteiger partial charge in [0.15, 0.2) is 0 Å². The van der Waals surface area contributed by atoms with E-state index in [1.807, 2.05) is 0 Å². The molecule has 0 aromatic heterocycles. The predicted octanol–water partition coefficient (Wildman–Crippen LogP) is 3.14. The minimum absolute atomic E-state index is 0.0963. The molecule has 2 aromatic carbocycles. The van der Waals surface area contributed by atoms with Gasteiger partial charge < -0.3 is 9.84 Å². The Morgan fingerprint density at radius 3 is 2.56 bits per heavy atom. The summed E-state index contributed by atoms with van der Waals surface area (Å²) in [6.45, 7) is 0. The minimum atomic E-state index is -0.730. The molecule has 2 aromatic rings. The molecule has 4 nitrogen and oxygen atoms in total. The molecule has 0 aliphatic heterocycles. The first-order valence-corrected chi connectivity index (χ1v) is 5.17. The number of halogens is 1. The molecule has 2 N–H and O–H groups in total. The van der Waals surface area contributed by atoms with E-state index in [9.17, 15) is 9.18 Å². The second-order valence-electron chi connectivity index (χ2n) is 3.52. The van der Waals surface area contributed by atoms with E-state index in [4.69, 9.17) is 9.84 Å². The third-order valence-corrected chi connectivity index (χ3v) is 2.12. The lowest BCUT2D eigenvalue weighted by Crippen LogP contribution is -2.16. The second-order valence-corrected chi connectivity index (χ2v) is 3.52. The van der Waals surface area contributed by atoms with Crippen LogP contribution in [0.4, 0.5) is 14.9 Å². The molecule has 5 heteroatoms. The highest BCUT2D eigenvalue weighted by Gasteiger charge is 2.05. The van der Waals surface area contributed by atoms with Crippen molar-refractivity contribution < 1.29 is 19.0 Å². The van der Waals surface area contributed by atoms with Crippen molar-refractivity contribution in [3.8, 4) is 11.5 Å². The van der Waals surface area contributed by atoms with Crippen LogP contribution in [0.15, 0.2) is 48.5 Å². The number of benzene rings is 2. The number of phenols is 1. The Balaban J connectivity index is 1.98. The first-order valence-electron chi connectivity index (χ1n) is 5.17. The summed E-state index contributed by atoms with van der Waals surface area (Å²) in [5, 5.41) is 11.5. The van der Waals surface area contributed by atoms with Gasteiger partial charge in [0, 0.05) is 11.8 Å². The molecule has 0 saturated carbocycles. The van der Waals surface area contributed by atoms with E-state index in [1.54, 1.807) is 0 Å². The van der Waals surface area contributed by atoms with Gasteiger partial charge in [-0.25, -0.2) is 9.18 Å². The molecule has 0 bridgehead atoms. The quantitative estimate of drug-likeness (QED) is 0.801. The fourth-order valence-corrected chi connectivity index (χ4v) is 1.33. The zero-order chi connectivity index (χ0) is 13.0. The molecule has 0 spiro atoms. The van der Waals surface area contributed by atoms with Gasteiger partial charge in [-0.3, -0.25) is 5.32 Å². The number of phenolic OH excluding ortho intramolecular Hbond substituents is 1. The van der Waals surface area contributed by atoms with E-state index >= 15 is 0 Å². The van der Waals surface area contributed by atoms with E-state index in [0.717, 1.165) is 6.07 Å². The average molecular weight is 247 g/mol. The van der Waals surface area contributed by atoms with Crippen LogP contribution in [0.1, 0.15) is 0 Å². The van der Waals surface area contributed by atoms with Gasteiger partial charge in [0.2, 0.25) is 0 Å². The van der Waals surface area contributed by atoms with Crippen LogP contribution in [0.2, 0.25) is 0 Å². The van der Waals surface area contributed by atoms with Crippen LogP contribution >= 0.6 is 0 Å². The number of amides is 1. The largest absolute Gasteiger partial charge is 0.508 e. The number of carbonyl (C=O) groups excluding carboxylic acids is 1. The molecule has 1 amide bonds. The van der Waals surface area contributed by atoms with Crippen LogP contribution in [0.5, 0.6) is 11.5 Å². The van der Waals surface area contributed by atoms with Crippen molar-refractivity contribution in [1.82, 2.24) is 0 Å². The molecule has 0 atom stereocenters. The van der Waals surface area contributed by atoms with Crippen LogP contribution < -0.4 is 10.1 Å². The van der Waals surface area contributed by atoms with Gasteiger partial charge in [-0.05, 0) is 36.4 Å². The summed E-state index contributed by atoms with van der Waals surface area (Å²) in [5.74, 6) is -0.268. The Hall–Kier alpha value is -2.56. The lowest BCUT2D eigenvalue weighted by atomic mass is 10.3. The molecule has 0 aliphatic rings. The fourth-order valence-electron chi connectivity index (χ4n) is 1.33. The molecule has 18 heavy (non-hydrogen) atoms. The lowest BCUT2D eigenvalue weighted by molar-refractivity contribution is 0.215. The van der Waals surface area contributed by atoms with Crippen LogP contribution in [-0.2, 0) is 0 Å². The zero-order valence-electron chi connectivity index (χ0n) is 9.26. The average Bonchev–Trinajstić information content (AvgIpc) is 2.32. The highest BCUT2D eigenvalue weighted by molar-refractivity contribution is 5.86. The number of anilines is 1. The van der Waals surface area contributed by atoms with E-state index < -0.39 is 11.9 Å².